The van der Waals surface area contributed by atoms with Gasteiger partial charge in [-0.25, -0.2) is 13.8 Å². The lowest BCUT2D eigenvalue weighted by Gasteiger charge is -2.17. The zero-order valence-electron chi connectivity index (χ0n) is 10.9. The molecule has 0 aliphatic rings. The minimum atomic E-state index is -0.410. The highest BCUT2D eigenvalue weighted by Gasteiger charge is 2.18. The summed E-state index contributed by atoms with van der Waals surface area (Å²) in [6.07, 6.45) is 0.417. The molecule has 0 aliphatic carbocycles. The average molecular weight is 282 g/mol. The molecule has 2 nitrogen and oxygen atoms in total. The van der Waals surface area contributed by atoms with Crippen molar-refractivity contribution in [3.63, 3.8) is 0 Å². The summed E-state index contributed by atoms with van der Waals surface area (Å²) in [7, 11) is 0. The first-order chi connectivity index (χ1) is 9.11. The van der Waals surface area contributed by atoms with Gasteiger partial charge in [-0.1, -0.05) is 6.92 Å². The van der Waals surface area contributed by atoms with E-state index < -0.39 is 5.82 Å². The zero-order valence-corrected chi connectivity index (χ0v) is 11.7. The number of halogens is 2. The van der Waals surface area contributed by atoms with Crippen molar-refractivity contribution in [3.05, 3.63) is 51.5 Å². The van der Waals surface area contributed by atoms with E-state index in [4.69, 9.17) is 0 Å². The number of aryl methyl sites for hydroxylation is 1. The fraction of sp³-hybridized carbons (Fsp3) is 0.357. The Hall–Kier alpha value is -1.33. The van der Waals surface area contributed by atoms with Crippen molar-refractivity contribution in [3.8, 4) is 0 Å². The molecule has 1 N–H and O–H groups in total. The molecule has 1 heterocycles. The first kappa shape index (κ1) is 14.1. The molecule has 2 rings (SSSR count). The Morgan fingerprint density at radius 2 is 2.16 bits per heavy atom. The summed E-state index contributed by atoms with van der Waals surface area (Å²) in [6, 6.07) is 3.54. The van der Waals surface area contributed by atoms with Crippen molar-refractivity contribution in [2.45, 2.75) is 26.3 Å². The van der Waals surface area contributed by atoms with E-state index >= 15 is 0 Å². The van der Waals surface area contributed by atoms with Crippen LogP contribution in [0.3, 0.4) is 0 Å². The van der Waals surface area contributed by atoms with E-state index in [0.717, 1.165) is 23.2 Å². The molecule has 0 spiro atoms. The maximum Gasteiger partial charge on any atom is 0.126 e. The second kappa shape index (κ2) is 6.21. The van der Waals surface area contributed by atoms with Crippen LogP contribution in [0, 0.1) is 18.6 Å². The molecule has 1 aromatic heterocycles. The van der Waals surface area contributed by atoms with Crippen LogP contribution in [0.25, 0.3) is 0 Å². The predicted molar refractivity (Wildman–Crippen MR) is 73.3 cm³/mol. The quantitative estimate of drug-likeness (QED) is 0.906. The molecule has 1 aromatic carbocycles. The Morgan fingerprint density at radius 1 is 1.37 bits per heavy atom. The van der Waals surface area contributed by atoms with Crippen molar-refractivity contribution in [2.24, 2.45) is 0 Å². The Labute approximate surface area is 115 Å². The number of likely N-dealkylation sites (N-methyl/N-ethyl adjacent to an activating group) is 1. The van der Waals surface area contributed by atoms with E-state index in [2.05, 4.69) is 10.3 Å². The molecule has 102 valence electrons. The van der Waals surface area contributed by atoms with Crippen molar-refractivity contribution in [1.29, 1.82) is 0 Å². The first-order valence-corrected chi connectivity index (χ1v) is 7.07. The number of hydrogen-bond acceptors (Lipinski definition) is 3. The molecule has 5 heteroatoms. The molecular formula is C14H16F2N2S. The Kier molecular flexibility index (Phi) is 4.61. The van der Waals surface area contributed by atoms with Crippen LogP contribution in [-0.2, 0) is 6.42 Å². The Balaban J connectivity index is 2.26. The zero-order chi connectivity index (χ0) is 13.8. The van der Waals surface area contributed by atoms with E-state index in [9.17, 15) is 8.78 Å². The summed E-state index contributed by atoms with van der Waals surface area (Å²) in [4.78, 5) is 5.29. The van der Waals surface area contributed by atoms with Crippen LogP contribution < -0.4 is 5.32 Å². The molecule has 0 fully saturated rings. The summed E-state index contributed by atoms with van der Waals surface area (Å²) in [5.41, 5.74) is 3.10. The predicted octanol–water partition coefficient (Wildman–Crippen LogP) is 3.62. The minimum Gasteiger partial charge on any atom is -0.309 e. The SMILES string of the molecule is CCNC(Cc1cc(F)ccc1F)c1scnc1C. The molecule has 1 atom stereocenters. The topological polar surface area (TPSA) is 24.9 Å². The van der Waals surface area contributed by atoms with Gasteiger partial charge in [0.25, 0.3) is 0 Å². The van der Waals surface area contributed by atoms with E-state index in [1.54, 1.807) is 5.51 Å². The number of aromatic nitrogens is 1. The normalized spacial score (nSPS) is 12.6. The molecule has 0 radical (unpaired) electrons. The van der Waals surface area contributed by atoms with Gasteiger partial charge in [-0.2, -0.15) is 0 Å². The highest BCUT2D eigenvalue weighted by Crippen LogP contribution is 2.26. The van der Waals surface area contributed by atoms with Gasteiger partial charge >= 0.3 is 0 Å². The molecule has 0 bridgehead atoms. The summed E-state index contributed by atoms with van der Waals surface area (Å²) >= 11 is 1.54. The standard InChI is InChI=1S/C14H16F2N2S/c1-3-17-13(14-9(2)18-8-19-14)7-10-6-11(15)4-5-12(10)16/h4-6,8,13,17H,3,7H2,1-2H3. The highest BCUT2D eigenvalue weighted by molar-refractivity contribution is 7.09. The average Bonchev–Trinajstić information content (AvgIpc) is 2.79. The number of nitrogens with zero attached hydrogens (tertiary/aromatic N) is 1. The van der Waals surface area contributed by atoms with Crippen LogP contribution in [0.5, 0.6) is 0 Å². The van der Waals surface area contributed by atoms with Crippen molar-refractivity contribution >= 4 is 11.3 Å². The van der Waals surface area contributed by atoms with Gasteiger partial charge in [0.05, 0.1) is 11.2 Å². The fourth-order valence-electron chi connectivity index (χ4n) is 2.07. The van der Waals surface area contributed by atoms with Gasteiger partial charge in [-0.05, 0) is 43.7 Å². The maximum absolute atomic E-state index is 13.7. The Morgan fingerprint density at radius 3 is 2.79 bits per heavy atom. The fourth-order valence-corrected chi connectivity index (χ4v) is 2.95. The van der Waals surface area contributed by atoms with E-state index in [1.807, 2.05) is 13.8 Å². The molecule has 2 aromatic rings. The molecular weight excluding hydrogens is 266 g/mol. The van der Waals surface area contributed by atoms with Crippen LogP contribution in [0.15, 0.2) is 23.7 Å². The van der Waals surface area contributed by atoms with Gasteiger partial charge in [0, 0.05) is 10.9 Å². The number of rotatable bonds is 5. The monoisotopic (exact) mass is 282 g/mol. The summed E-state index contributed by atoms with van der Waals surface area (Å²) in [6.45, 7) is 4.68. The number of benzene rings is 1. The highest BCUT2D eigenvalue weighted by atomic mass is 32.1. The van der Waals surface area contributed by atoms with Gasteiger partial charge in [0.2, 0.25) is 0 Å². The van der Waals surface area contributed by atoms with E-state index in [0.29, 0.717) is 12.0 Å². The van der Waals surface area contributed by atoms with Gasteiger partial charge in [-0.15, -0.1) is 11.3 Å². The second-order valence-corrected chi connectivity index (χ2v) is 5.24. The van der Waals surface area contributed by atoms with Crippen LogP contribution in [-0.4, -0.2) is 11.5 Å². The smallest absolute Gasteiger partial charge is 0.126 e. The van der Waals surface area contributed by atoms with E-state index in [1.165, 1.54) is 23.5 Å². The molecule has 0 amide bonds. The van der Waals surface area contributed by atoms with Crippen LogP contribution in [0.2, 0.25) is 0 Å². The lowest BCUT2D eigenvalue weighted by atomic mass is 10.0. The van der Waals surface area contributed by atoms with Crippen molar-refractivity contribution < 1.29 is 8.78 Å². The van der Waals surface area contributed by atoms with Gasteiger partial charge in [0.1, 0.15) is 11.6 Å². The Bertz CT molecular complexity index is 554. The van der Waals surface area contributed by atoms with Gasteiger partial charge in [0.15, 0.2) is 0 Å². The second-order valence-electron chi connectivity index (χ2n) is 4.35. The lowest BCUT2D eigenvalue weighted by Crippen LogP contribution is -2.23. The number of hydrogen-bond donors (Lipinski definition) is 1. The maximum atomic E-state index is 13.7. The van der Waals surface area contributed by atoms with Gasteiger partial charge in [-0.3, -0.25) is 0 Å². The summed E-state index contributed by atoms with van der Waals surface area (Å²) in [5.74, 6) is -0.779. The third-order valence-corrected chi connectivity index (χ3v) is 4.03. The summed E-state index contributed by atoms with van der Waals surface area (Å²) < 4.78 is 26.9. The van der Waals surface area contributed by atoms with Crippen LogP contribution >= 0.6 is 11.3 Å². The largest absolute Gasteiger partial charge is 0.309 e. The third-order valence-electron chi connectivity index (χ3n) is 2.98. The lowest BCUT2D eigenvalue weighted by molar-refractivity contribution is 0.525. The minimum absolute atomic E-state index is 0.0335. The van der Waals surface area contributed by atoms with E-state index in [-0.39, 0.29) is 11.9 Å². The van der Waals surface area contributed by atoms with Crippen molar-refractivity contribution in [2.75, 3.05) is 6.54 Å². The van der Waals surface area contributed by atoms with Crippen LogP contribution in [0.1, 0.15) is 29.1 Å². The molecule has 1 unspecified atom stereocenters. The van der Waals surface area contributed by atoms with Crippen LogP contribution in [0.4, 0.5) is 8.78 Å². The number of thiazole rings is 1. The number of nitrogens with one attached hydrogen (secondary N) is 1. The molecule has 0 saturated heterocycles. The van der Waals surface area contributed by atoms with Crippen molar-refractivity contribution in [1.82, 2.24) is 10.3 Å². The molecule has 0 aliphatic heterocycles. The third kappa shape index (κ3) is 3.36. The summed E-state index contributed by atoms with van der Waals surface area (Å²) in [5, 5.41) is 3.30. The van der Waals surface area contributed by atoms with Gasteiger partial charge < -0.3 is 5.32 Å². The molecule has 19 heavy (non-hydrogen) atoms. The molecule has 0 saturated carbocycles. The first-order valence-electron chi connectivity index (χ1n) is 6.19.